The molecule has 0 amide bonds. The van der Waals surface area contributed by atoms with E-state index in [1.54, 1.807) is 0 Å². The molecule has 2 aromatic heterocycles. The first-order valence-electron chi connectivity index (χ1n) is 4.65. The molecule has 88 valence electrons. The van der Waals surface area contributed by atoms with Crippen LogP contribution in [-0.4, -0.2) is 36.0 Å². The number of H-pyrrole nitrogens is 2. The standard InChI is InChI=1S/C8H8N6O3/c1-4(15)5-2-9-8(17)14(7(5)16)3-6-10-12-13-11-6/h2H,3H2,1H3,(H,9,17)(H,10,11,12,13). The largest absolute Gasteiger partial charge is 0.328 e. The Bertz CT molecular complexity index is 653. The molecule has 0 fully saturated rings. The molecule has 0 saturated heterocycles. The number of hydrogen-bond acceptors (Lipinski definition) is 6. The first-order valence-corrected chi connectivity index (χ1v) is 4.65. The van der Waals surface area contributed by atoms with Crippen molar-refractivity contribution < 1.29 is 4.79 Å². The fourth-order valence-electron chi connectivity index (χ4n) is 1.30. The SMILES string of the molecule is CC(=O)c1c[nH]c(=O)n(Cc2nn[nH]n2)c1=O. The molecule has 0 bridgehead atoms. The summed E-state index contributed by atoms with van der Waals surface area (Å²) < 4.78 is 0.835. The number of Topliss-reactive ketones (excluding diaryl/α,β-unsaturated/α-hetero) is 1. The van der Waals surface area contributed by atoms with E-state index in [1.807, 2.05) is 0 Å². The van der Waals surface area contributed by atoms with Gasteiger partial charge < -0.3 is 4.98 Å². The van der Waals surface area contributed by atoms with Gasteiger partial charge in [-0.25, -0.2) is 4.79 Å². The predicted octanol–water partition coefficient (Wildman–Crippen LogP) is -1.70. The van der Waals surface area contributed by atoms with E-state index < -0.39 is 17.0 Å². The molecule has 9 nitrogen and oxygen atoms in total. The van der Waals surface area contributed by atoms with E-state index in [0.29, 0.717) is 0 Å². The monoisotopic (exact) mass is 236 g/mol. The summed E-state index contributed by atoms with van der Waals surface area (Å²) in [5.74, 6) is -0.244. The second kappa shape index (κ2) is 4.12. The molecular weight excluding hydrogens is 228 g/mol. The van der Waals surface area contributed by atoms with Crippen molar-refractivity contribution in [2.75, 3.05) is 0 Å². The summed E-state index contributed by atoms with van der Waals surface area (Å²) in [6.45, 7) is 1.10. The van der Waals surface area contributed by atoms with Gasteiger partial charge in [-0.3, -0.25) is 14.2 Å². The Morgan fingerprint density at radius 1 is 1.47 bits per heavy atom. The maximum absolute atomic E-state index is 11.8. The number of rotatable bonds is 3. The fourth-order valence-corrected chi connectivity index (χ4v) is 1.30. The van der Waals surface area contributed by atoms with E-state index in [4.69, 9.17) is 0 Å². The normalized spacial score (nSPS) is 10.4. The van der Waals surface area contributed by atoms with E-state index in [9.17, 15) is 14.4 Å². The van der Waals surface area contributed by atoms with Crippen molar-refractivity contribution in [2.45, 2.75) is 13.5 Å². The molecule has 0 atom stereocenters. The van der Waals surface area contributed by atoms with Crippen molar-refractivity contribution >= 4 is 5.78 Å². The Labute approximate surface area is 93.5 Å². The van der Waals surface area contributed by atoms with Crippen LogP contribution in [0, 0.1) is 0 Å². The highest BCUT2D eigenvalue weighted by atomic mass is 16.2. The summed E-state index contributed by atoms with van der Waals surface area (Å²) in [6.07, 6.45) is 1.10. The molecule has 0 unspecified atom stereocenters. The van der Waals surface area contributed by atoms with Gasteiger partial charge in [-0.15, -0.1) is 10.2 Å². The van der Waals surface area contributed by atoms with Crippen LogP contribution < -0.4 is 11.2 Å². The number of aromatic nitrogens is 6. The summed E-state index contributed by atoms with van der Waals surface area (Å²) in [7, 11) is 0. The second-order valence-corrected chi connectivity index (χ2v) is 3.28. The highest BCUT2D eigenvalue weighted by Gasteiger charge is 2.12. The molecule has 9 heteroatoms. The molecule has 2 N–H and O–H groups in total. The van der Waals surface area contributed by atoms with Gasteiger partial charge in [0, 0.05) is 6.20 Å². The van der Waals surface area contributed by atoms with Gasteiger partial charge in [-0.05, 0) is 6.92 Å². The number of carbonyl (C=O) groups excluding carboxylic acids is 1. The lowest BCUT2D eigenvalue weighted by Gasteiger charge is -2.02. The van der Waals surface area contributed by atoms with Crippen LogP contribution in [0.15, 0.2) is 15.8 Å². The molecule has 0 spiro atoms. The van der Waals surface area contributed by atoms with Crippen LogP contribution in [0.4, 0.5) is 0 Å². The van der Waals surface area contributed by atoms with Gasteiger partial charge in [-0.2, -0.15) is 5.21 Å². The Morgan fingerprint density at radius 3 is 2.82 bits per heavy atom. The maximum Gasteiger partial charge on any atom is 0.328 e. The Balaban J connectivity index is 2.53. The van der Waals surface area contributed by atoms with Crippen molar-refractivity contribution in [1.82, 2.24) is 30.2 Å². The molecule has 0 aromatic carbocycles. The van der Waals surface area contributed by atoms with Gasteiger partial charge in [0.05, 0.1) is 12.1 Å². The third-order valence-corrected chi connectivity index (χ3v) is 2.13. The van der Waals surface area contributed by atoms with E-state index in [2.05, 4.69) is 25.6 Å². The minimum absolute atomic E-state index is 0.0897. The first kappa shape index (κ1) is 10.9. The van der Waals surface area contributed by atoms with E-state index in [-0.39, 0.29) is 17.9 Å². The summed E-state index contributed by atoms with van der Waals surface area (Å²) in [5.41, 5.74) is -1.40. The predicted molar refractivity (Wildman–Crippen MR) is 54.6 cm³/mol. The molecule has 0 radical (unpaired) electrons. The number of carbonyl (C=O) groups is 1. The highest BCUT2D eigenvalue weighted by molar-refractivity contribution is 5.93. The lowest BCUT2D eigenvalue weighted by atomic mass is 10.2. The molecule has 2 heterocycles. The van der Waals surface area contributed by atoms with Gasteiger partial charge in [0.2, 0.25) is 0 Å². The van der Waals surface area contributed by atoms with E-state index >= 15 is 0 Å². The Hall–Kier alpha value is -2.58. The number of hydrogen-bond donors (Lipinski definition) is 2. The quantitative estimate of drug-likeness (QED) is 0.611. The van der Waals surface area contributed by atoms with Crippen LogP contribution in [0.1, 0.15) is 23.1 Å². The van der Waals surface area contributed by atoms with Gasteiger partial charge in [0.1, 0.15) is 0 Å². The van der Waals surface area contributed by atoms with Gasteiger partial charge in [-0.1, -0.05) is 5.21 Å². The molecule has 17 heavy (non-hydrogen) atoms. The molecule has 0 saturated carbocycles. The van der Waals surface area contributed by atoms with Crippen LogP contribution in [-0.2, 0) is 6.54 Å². The van der Waals surface area contributed by atoms with Crippen LogP contribution >= 0.6 is 0 Å². The minimum Gasteiger partial charge on any atom is -0.313 e. The Kier molecular flexibility index (Phi) is 2.65. The lowest BCUT2D eigenvalue weighted by molar-refractivity contribution is 0.101. The van der Waals surface area contributed by atoms with Crippen LogP contribution in [0.3, 0.4) is 0 Å². The van der Waals surface area contributed by atoms with Crippen molar-refractivity contribution in [3.05, 3.63) is 38.4 Å². The number of ketones is 1. The first-order chi connectivity index (χ1) is 8.09. The average Bonchev–Trinajstić information content (AvgIpc) is 2.76. The maximum atomic E-state index is 11.8. The molecule has 0 aliphatic heterocycles. The third-order valence-electron chi connectivity index (χ3n) is 2.13. The fraction of sp³-hybridized carbons (Fsp3) is 0.250. The van der Waals surface area contributed by atoms with Crippen molar-refractivity contribution in [2.24, 2.45) is 0 Å². The number of aromatic amines is 2. The smallest absolute Gasteiger partial charge is 0.313 e. The zero-order valence-electron chi connectivity index (χ0n) is 8.80. The van der Waals surface area contributed by atoms with Gasteiger partial charge >= 0.3 is 5.69 Å². The molecular formula is C8H8N6O3. The number of tetrazole rings is 1. The molecule has 2 aromatic rings. The number of nitrogens with one attached hydrogen (secondary N) is 2. The van der Waals surface area contributed by atoms with Crippen LogP contribution in [0.25, 0.3) is 0 Å². The van der Waals surface area contributed by atoms with E-state index in [1.165, 1.54) is 6.92 Å². The summed E-state index contributed by atoms with van der Waals surface area (Å²) >= 11 is 0. The van der Waals surface area contributed by atoms with Crippen LogP contribution in [0.2, 0.25) is 0 Å². The highest BCUT2D eigenvalue weighted by Crippen LogP contribution is 1.90. The average molecular weight is 236 g/mol. The van der Waals surface area contributed by atoms with Crippen molar-refractivity contribution in [3.63, 3.8) is 0 Å². The topological polar surface area (TPSA) is 126 Å². The van der Waals surface area contributed by atoms with Gasteiger partial charge in [0.15, 0.2) is 11.6 Å². The third kappa shape index (κ3) is 2.02. The van der Waals surface area contributed by atoms with E-state index in [0.717, 1.165) is 10.8 Å². The number of nitrogens with zero attached hydrogens (tertiary/aromatic N) is 4. The minimum atomic E-state index is -0.675. The van der Waals surface area contributed by atoms with Crippen molar-refractivity contribution in [1.29, 1.82) is 0 Å². The second-order valence-electron chi connectivity index (χ2n) is 3.28. The summed E-state index contributed by atoms with van der Waals surface area (Å²) in [6, 6.07) is 0. The Morgan fingerprint density at radius 2 is 2.24 bits per heavy atom. The molecule has 0 aliphatic carbocycles. The zero-order valence-corrected chi connectivity index (χ0v) is 8.80. The van der Waals surface area contributed by atoms with Crippen LogP contribution in [0.5, 0.6) is 0 Å². The summed E-state index contributed by atoms with van der Waals surface area (Å²) in [5, 5.41) is 12.8. The molecule has 0 aliphatic rings. The lowest BCUT2D eigenvalue weighted by Crippen LogP contribution is -2.38. The molecule has 2 rings (SSSR count). The zero-order chi connectivity index (χ0) is 12.4. The summed E-state index contributed by atoms with van der Waals surface area (Å²) in [4.78, 5) is 36.7. The van der Waals surface area contributed by atoms with Crippen molar-refractivity contribution in [3.8, 4) is 0 Å². The van der Waals surface area contributed by atoms with Gasteiger partial charge in [0.25, 0.3) is 5.56 Å².